The Hall–Kier alpha value is -2.90. The molecular formula is C31H40N6O. The molecule has 1 unspecified atom stereocenters. The van der Waals surface area contributed by atoms with E-state index in [9.17, 15) is 0 Å². The molecule has 7 nitrogen and oxygen atoms in total. The van der Waals surface area contributed by atoms with Gasteiger partial charge in [-0.25, -0.2) is 15.0 Å². The first-order chi connectivity index (χ1) is 18.5. The van der Waals surface area contributed by atoms with E-state index >= 15 is 0 Å². The SMILES string of the molecule is Cc1c(NN2CC3(CCCC3)C2)cccc1-c1ncnc2[nH]c(C3(C)CC=C(N4CCOCC4)CC3)cc12. The summed E-state index contributed by atoms with van der Waals surface area (Å²) in [5.41, 5.74) is 12.6. The van der Waals surface area contributed by atoms with Gasteiger partial charge in [-0.05, 0) is 62.1 Å². The molecule has 7 heteroatoms. The lowest BCUT2D eigenvalue weighted by molar-refractivity contribution is 0.0277. The highest BCUT2D eigenvalue weighted by atomic mass is 16.5. The first-order valence-corrected chi connectivity index (χ1v) is 14.5. The molecule has 4 heterocycles. The number of allylic oxidation sites excluding steroid dienone is 2. The number of morpholine rings is 1. The average Bonchev–Trinajstić information content (AvgIpc) is 3.59. The van der Waals surface area contributed by atoms with Gasteiger partial charge in [-0.15, -0.1) is 0 Å². The Morgan fingerprint density at radius 2 is 1.87 bits per heavy atom. The minimum atomic E-state index is 0.0693. The van der Waals surface area contributed by atoms with Crippen molar-refractivity contribution in [2.75, 3.05) is 44.8 Å². The summed E-state index contributed by atoms with van der Waals surface area (Å²) < 4.78 is 5.55. The molecule has 1 saturated carbocycles. The Bertz CT molecular complexity index is 1360. The van der Waals surface area contributed by atoms with Crippen LogP contribution in [-0.4, -0.2) is 64.3 Å². The van der Waals surface area contributed by atoms with Crippen LogP contribution in [0.15, 0.2) is 42.4 Å². The minimum Gasteiger partial charge on any atom is -0.378 e. The van der Waals surface area contributed by atoms with Crippen molar-refractivity contribution < 1.29 is 4.74 Å². The summed E-state index contributed by atoms with van der Waals surface area (Å²) >= 11 is 0. The fraction of sp³-hybridized carbons (Fsp3) is 0.548. The fourth-order valence-corrected chi connectivity index (χ4v) is 7.28. The molecule has 2 aromatic heterocycles. The number of nitrogens with zero attached hydrogens (tertiary/aromatic N) is 4. The third kappa shape index (κ3) is 4.20. The molecule has 0 radical (unpaired) electrons. The van der Waals surface area contributed by atoms with Gasteiger partial charge >= 0.3 is 0 Å². The number of rotatable bonds is 5. The van der Waals surface area contributed by atoms with Crippen molar-refractivity contribution in [1.29, 1.82) is 0 Å². The van der Waals surface area contributed by atoms with E-state index in [1.807, 2.05) is 0 Å². The number of ether oxygens (including phenoxy) is 1. The second-order valence-electron chi connectivity index (χ2n) is 12.4. The van der Waals surface area contributed by atoms with E-state index in [1.54, 1.807) is 6.33 Å². The Balaban J connectivity index is 1.14. The van der Waals surface area contributed by atoms with Crippen molar-refractivity contribution in [2.24, 2.45) is 5.41 Å². The van der Waals surface area contributed by atoms with Crippen LogP contribution in [0.1, 0.15) is 63.1 Å². The normalized spacial score (nSPS) is 25.5. The van der Waals surface area contributed by atoms with E-state index in [4.69, 9.17) is 9.72 Å². The quantitative estimate of drug-likeness (QED) is 0.451. The number of anilines is 1. The topological polar surface area (TPSA) is 69.3 Å². The average molecular weight is 513 g/mol. The van der Waals surface area contributed by atoms with Crippen molar-refractivity contribution in [3.63, 3.8) is 0 Å². The van der Waals surface area contributed by atoms with Gasteiger partial charge in [-0.3, -0.25) is 0 Å². The van der Waals surface area contributed by atoms with Gasteiger partial charge in [0.05, 0.1) is 24.6 Å². The van der Waals surface area contributed by atoms with E-state index in [1.165, 1.54) is 53.9 Å². The highest BCUT2D eigenvalue weighted by Gasteiger charge is 2.44. The maximum Gasteiger partial charge on any atom is 0.141 e. The zero-order valence-corrected chi connectivity index (χ0v) is 22.9. The molecule has 3 aromatic rings. The van der Waals surface area contributed by atoms with Crippen LogP contribution >= 0.6 is 0 Å². The lowest BCUT2D eigenvalue weighted by Gasteiger charge is -2.48. The van der Waals surface area contributed by atoms with Gasteiger partial charge in [-0.2, -0.15) is 0 Å². The zero-order chi connectivity index (χ0) is 25.7. The molecule has 200 valence electrons. The van der Waals surface area contributed by atoms with E-state index in [0.29, 0.717) is 5.41 Å². The molecule has 38 heavy (non-hydrogen) atoms. The number of aromatic amines is 1. The third-order valence-corrected chi connectivity index (χ3v) is 9.80. The van der Waals surface area contributed by atoms with Crippen molar-refractivity contribution in [3.05, 3.63) is 53.6 Å². The molecular weight excluding hydrogens is 472 g/mol. The highest BCUT2D eigenvalue weighted by molar-refractivity contribution is 5.93. The molecule has 0 bridgehead atoms. The first-order valence-electron chi connectivity index (χ1n) is 14.5. The van der Waals surface area contributed by atoms with Crippen molar-refractivity contribution in [3.8, 4) is 11.3 Å². The van der Waals surface area contributed by atoms with Crippen LogP contribution in [0.5, 0.6) is 0 Å². The largest absolute Gasteiger partial charge is 0.378 e. The number of fused-ring (bicyclic) bond motifs is 1. The fourth-order valence-electron chi connectivity index (χ4n) is 7.28. The summed E-state index contributed by atoms with van der Waals surface area (Å²) in [7, 11) is 0. The predicted octanol–water partition coefficient (Wildman–Crippen LogP) is 5.79. The predicted molar refractivity (Wildman–Crippen MR) is 152 cm³/mol. The van der Waals surface area contributed by atoms with Gasteiger partial charge in [0.1, 0.15) is 12.0 Å². The standard InChI is InChI=1S/C31H40N6O/c1-22-24(6-5-7-26(22)35-37-19-31(20-37)10-3-4-11-31)28-25-18-27(34-29(25)33-21-32-28)30(2)12-8-23(9-13-30)36-14-16-38-17-15-36/h5-8,18,21,35H,3-4,9-17,19-20H2,1-2H3,(H,32,33,34). The van der Waals surface area contributed by atoms with Crippen LogP contribution in [0.25, 0.3) is 22.3 Å². The molecule has 3 fully saturated rings. The van der Waals surface area contributed by atoms with Crippen LogP contribution in [0.2, 0.25) is 0 Å². The Kier molecular flexibility index (Phi) is 5.97. The summed E-state index contributed by atoms with van der Waals surface area (Å²) in [6.07, 6.45) is 13.0. The summed E-state index contributed by atoms with van der Waals surface area (Å²) in [5, 5.41) is 3.50. The smallest absolute Gasteiger partial charge is 0.141 e. The number of nitrogens with one attached hydrogen (secondary N) is 2. The van der Waals surface area contributed by atoms with Crippen LogP contribution in [-0.2, 0) is 10.2 Å². The Labute approximate surface area is 225 Å². The second kappa shape index (κ2) is 9.38. The molecule has 1 atom stereocenters. The molecule has 0 amide bonds. The zero-order valence-electron chi connectivity index (χ0n) is 22.9. The Morgan fingerprint density at radius 3 is 2.63 bits per heavy atom. The van der Waals surface area contributed by atoms with Gasteiger partial charge in [0, 0.05) is 53.9 Å². The molecule has 2 N–H and O–H groups in total. The number of benzene rings is 1. The van der Waals surface area contributed by atoms with E-state index in [0.717, 1.165) is 75.4 Å². The second-order valence-corrected chi connectivity index (χ2v) is 12.4. The van der Waals surface area contributed by atoms with E-state index in [-0.39, 0.29) is 5.41 Å². The molecule has 2 aliphatic heterocycles. The lowest BCUT2D eigenvalue weighted by Crippen LogP contribution is -2.57. The van der Waals surface area contributed by atoms with Crippen LogP contribution < -0.4 is 5.43 Å². The van der Waals surface area contributed by atoms with Gasteiger partial charge in [0.15, 0.2) is 0 Å². The van der Waals surface area contributed by atoms with E-state index in [2.05, 4.69) is 69.5 Å². The van der Waals surface area contributed by atoms with E-state index < -0.39 is 0 Å². The molecule has 7 rings (SSSR count). The molecule has 1 spiro atoms. The molecule has 2 aliphatic carbocycles. The number of hydrazine groups is 1. The minimum absolute atomic E-state index is 0.0693. The van der Waals surface area contributed by atoms with Crippen LogP contribution in [0.3, 0.4) is 0 Å². The Morgan fingerprint density at radius 1 is 1.05 bits per heavy atom. The van der Waals surface area contributed by atoms with Crippen molar-refractivity contribution >= 4 is 16.7 Å². The number of hydrogen-bond donors (Lipinski definition) is 2. The monoisotopic (exact) mass is 512 g/mol. The molecule has 2 saturated heterocycles. The van der Waals surface area contributed by atoms with Crippen LogP contribution in [0.4, 0.5) is 5.69 Å². The number of H-pyrrole nitrogens is 1. The summed E-state index contributed by atoms with van der Waals surface area (Å²) in [6, 6.07) is 8.86. The maximum absolute atomic E-state index is 5.55. The van der Waals surface area contributed by atoms with Crippen molar-refractivity contribution in [1.82, 2.24) is 24.9 Å². The lowest BCUT2D eigenvalue weighted by atomic mass is 9.75. The molecule has 1 aromatic carbocycles. The first kappa shape index (κ1) is 24.2. The van der Waals surface area contributed by atoms with Gasteiger partial charge < -0.3 is 20.0 Å². The molecule has 4 aliphatic rings. The van der Waals surface area contributed by atoms with Crippen molar-refractivity contribution in [2.45, 2.75) is 64.2 Å². The summed E-state index contributed by atoms with van der Waals surface area (Å²) in [6.45, 7) is 10.6. The van der Waals surface area contributed by atoms with Gasteiger partial charge in [-0.1, -0.05) is 38.0 Å². The third-order valence-electron chi connectivity index (χ3n) is 9.80. The number of hydrogen-bond acceptors (Lipinski definition) is 6. The summed E-state index contributed by atoms with van der Waals surface area (Å²) in [5.74, 6) is 0. The summed E-state index contributed by atoms with van der Waals surface area (Å²) in [4.78, 5) is 15.6. The van der Waals surface area contributed by atoms with Crippen LogP contribution in [0, 0.1) is 12.3 Å². The maximum atomic E-state index is 5.55. The van der Waals surface area contributed by atoms with Gasteiger partial charge in [0.25, 0.3) is 0 Å². The highest BCUT2D eigenvalue weighted by Crippen LogP contribution is 2.46. The number of aromatic nitrogens is 3. The van der Waals surface area contributed by atoms with Gasteiger partial charge in [0.2, 0.25) is 0 Å².